The molecule has 2 aliphatic rings. The number of hydrogen-bond acceptors (Lipinski definition) is 2. The Morgan fingerprint density at radius 2 is 1.80 bits per heavy atom. The van der Waals surface area contributed by atoms with Gasteiger partial charge in [0.05, 0.1) is 0 Å². The normalized spacial score (nSPS) is 29.4. The quantitative estimate of drug-likeness (QED) is 0.617. The Balaban J connectivity index is 0.00000200. The van der Waals surface area contributed by atoms with Crippen LogP contribution in [0.2, 0.25) is 0 Å². The van der Waals surface area contributed by atoms with Crippen LogP contribution in [-0.4, -0.2) is 47.4 Å². The van der Waals surface area contributed by atoms with Gasteiger partial charge in [-0.15, -0.1) is 0 Å². The van der Waals surface area contributed by atoms with Gasteiger partial charge in [-0.1, -0.05) is 39.0 Å². The molecule has 1 aliphatic carbocycles. The van der Waals surface area contributed by atoms with E-state index in [1.54, 1.807) is 0 Å². The van der Waals surface area contributed by atoms with Crippen LogP contribution in [0.4, 0.5) is 0 Å². The average molecular weight is 449 g/mol. The molecular weight excluding hydrogens is 420 g/mol. The summed E-state index contributed by atoms with van der Waals surface area (Å²) < 4.78 is 0. The summed E-state index contributed by atoms with van der Waals surface area (Å²) in [5.74, 6) is 1.07. The number of carbonyl (C=O) groups is 1. The van der Waals surface area contributed by atoms with Gasteiger partial charge in [-0.2, -0.15) is 0 Å². The molecule has 2 rings (SSSR count). The monoisotopic (exact) mass is 449 g/mol. The molecule has 0 aromatic carbocycles. The van der Waals surface area contributed by atoms with Gasteiger partial charge in [0.1, 0.15) is 0 Å². The van der Waals surface area contributed by atoms with Crippen LogP contribution in [0.25, 0.3) is 0 Å². The predicted molar refractivity (Wildman–Crippen MR) is 78.8 cm³/mol. The number of hydrogen-bond donors (Lipinski definition) is 0. The summed E-state index contributed by atoms with van der Waals surface area (Å²) in [6.45, 7) is 11.0. The fourth-order valence-electron chi connectivity index (χ4n) is 3.80. The second-order valence-corrected chi connectivity index (χ2v) is 6.12. The molecule has 116 valence electrons. The third-order valence-corrected chi connectivity index (χ3v) is 4.97. The SMILES string of the molecule is [CH2-]C1C(=O)N(CC)C(CC2CCCCC2)CN1CC.[W]. The Morgan fingerprint density at radius 3 is 2.35 bits per heavy atom. The molecular formula is C16H29N2OW-. The van der Waals surface area contributed by atoms with Crippen LogP contribution >= 0.6 is 0 Å². The van der Waals surface area contributed by atoms with E-state index >= 15 is 0 Å². The van der Waals surface area contributed by atoms with Gasteiger partial charge in [-0.05, 0) is 31.8 Å². The summed E-state index contributed by atoms with van der Waals surface area (Å²) in [7, 11) is 0. The van der Waals surface area contributed by atoms with Crippen molar-refractivity contribution in [1.29, 1.82) is 0 Å². The predicted octanol–water partition coefficient (Wildman–Crippen LogP) is 2.71. The van der Waals surface area contributed by atoms with Crippen molar-refractivity contribution in [3.8, 4) is 0 Å². The minimum absolute atomic E-state index is 0. The van der Waals surface area contributed by atoms with Crippen LogP contribution in [0.5, 0.6) is 0 Å². The molecule has 0 radical (unpaired) electrons. The van der Waals surface area contributed by atoms with E-state index in [0.29, 0.717) is 6.04 Å². The molecule has 1 saturated carbocycles. The first-order valence-electron chi connectivity index (χ1n) is 8.05. The van der Waals surface area contributed by atoms with Gasteiger partial charge in [0.2, 0.25) is 5.91 Å². The third kappa shape index (κ3) is 4.07. The second kappa shape index (κ2) is 8.53. The van der Waals surface area contributed by atoms with Crippen LogP contribution in [-0.2, 0) is 25.9 Å². The smallest absolute Gasteiger partial charge is 0.209 e. The molecule has 2 atom stereocenters. The van der Waals surface area contributed by atoms with E-state index in [1.807, 2.05) is 0 Å². The van der Waals surface area contributed by atoms with Crippen molar-refractivity contribution >= 4 is 5.91 Å². The zero-order valence-electron chi connectivity index (χ0n) is 13.0. The van der Waals surface area contributed by atoms with Gasteiger partial charge in [0.15, 0.2) is 0 Å². The number of amides is 1. The van der Waals surface area contributed by atoms with E-state index in [9.17, 15) is 4.79 Å². The van der Waals surface area contributed by atoms with Crippen LogP contribution in [0.15, 0.2) is 0 Å². The molecule has 1 aliphatic heterocycles. The Kier molecular flexibility index (Phi) is 7.75. The first-order valence-corrected chi connectivity index (χ1v) is 8.05. The fourth-order valence-corrected chi connectivity index (χ4v) is 3.80. The Bertz CT molecular complexity index is 305. The number of carbonyl (C=O) groups excluding carboxylic acids is 1. The summed E-state index contributed by atoms with van der Waals surface area (Å²) in [5, 5.41) is 0. The van der Waals surface area contributed by atoms with Gasteiger partial charge in [0.25, 0.3) is 0 Å². The largest absolute Gasteiger partial charge is 0.340 e. The minimum atomic E-state index is -0.174. The van der Waals surface area contributed by atoms with Gasteiger partial charge in [0, 0.05) is 40.2 Å². The maximum Gasteiger partial charge on any atom is 0.209 e. The van der Waals surface area contributed by atoms with Crippen LogP contribution < -0.4 is 0 Å². The van der Waals surface area contributed by atoms with Crippen molar-refractivity contribution in [2.24, 2.45) is 5.92 Å². The van der Waals surface area contributed by atoms with Crippen LogP contribution in [0, 0.1) is 12.8 Å². The molecule has 3 nitrogen and oxygen atoms in total. The zero-order valence-corrected chi connectivity index (χ0v) is 15.9. The number of likely N-dealkylation sites (N-methyl/N-ethyl adjacent to an activating group) is 2. The minimum Gasteiger partial charge on any atom is -0.340 e. The van der Waals surface area contributed by atoms with E-state index in [-0.39, 0.29) is 33.0 Å². The van der Waals surface area contributed by atoms with E-state index in [1.165, 1.54) is 38.5 Å². The second-order valence-electron chi connectivity index (χ2n) is 6.12. The van der Waals surface area contributed by atoms with E-state index in [4.69, 9.17) is 0 Å². The van der Waals surface area contributed by atoms with Gasteiger partial charge in [-0.3, -0.25) is 4.79 Å². The number of nitrogens with zero attached hydrogens (tertiary/aromatic N) is 2. The summed E-state index contributed by atoms with van der Waals surface area (Å²) in [6.07, 6.45) is 8.09. The van der Waals surface area contributed by atoms with Crippen molar-refractivity contribution in [3.63, 3.8) is 0 Å². The molecule has 0 aromatic rings. The molecule has 20 heavy (non-hydrogen) atoms. The maximum absolute atomic E-state index is 12.4. The van der Waals surface area contributed by atoms with Crippen molar-refractivity contribution < 1.29 is 25.9 Å². The number of piperazine rings is 1. The van der Waals surface area contributed by atoms with E-state index < -0.39 is 0 Å². The summed E-state index contributed by atoms with van der Waals surface area (Å²) in [6, 6.07) is 0.242. The average Bonchev–Trinajstić information content (AvgIpc) is 2.44. The molecule has 0 aromatic heterocycles. The van der Waals surface area contributed by atoms with Crippen molar-refractivity contribution in [3.05, 3.63) is 6.92 Å². The Morgan fingerprint density at radius 1 is 1.15 bits per heavy atom. The van der Waals surface area contributed by atoms with Crippen molar-refractivity contribution in [2.45, 2.75) is 64.5 Å². The number of rotatable bonds is 4. The summed E-state index contributed by atoms with van der Waals surface area (Å²) in [5.41, 5.74) is 0. The fraction of sp³-hybridized carbons (Fsp3) is 0.875. The van der Waals surface area contributed by atoms with Gasteiger partial charge in [-0.25, -0.2) is 0 Å². The molecule has 1 amide bonds. The molecule has 0 bridgehead atoms. The zero-order chi connectivity index (χ0) is 13.8. The Hall–Kier alpha value is 0.118. The van der Waals surface area contributed by atoms with Crippen molar-refractivity contribution in [1.82, 2.24) is 9.80 Å². The molecule has 2 fully saturated rings. The third-order valence-electron chi connectivity index (χ3n) is 4.97. The molecule has 4 heteroatoms. The molecule has 0 N–H and O–H groups in total. The standard InChI is InChI=1S/C16H29N2O.W/c1-4-17-12-15(11-14-9-7-6-8-10-14)18(5-2)16(19)13(17)3;/h13-15H,3-12H2,1-2H3;/q-1;. The molecule has 2 unspecified atom stereocenters. The van der Waals surface area contributed by atoms with E-state index in [0.717, 1.165) is 25.6 Å². The first-order chi connectivity index (χ1) is 9.17. The van der Waals surface area contributed by atoms with E-state index in [2.05, 4.69) is 30.6 Å². The first kappa shape index (κ1) is 18.2. The van der Waals surface area contributed by atoms with Crippen molar-refractivity contribution in [2.75, 3.05) is 19.6 Å². The summed E-state index contributed by atoms with van der Waals surface area (Å²) in [4.78, 5) is 16.7. The summed E-state index contributed by atoms with van der Waals surface area (Å²) >= 11 is 0. The molecule has 1 saturated heterocycles. The topological polar surface area (TPSA) is 23.6 Å². The van der Waals surface area contributed by atoms with Gasteiger partial charge >= 0.3 is 0 Å². The van der Waals surface area contributed by atoms with Crippen LogP contribution in [0.1, 0.15) is 52.4 Å². The Labute approximate surface area is 138 Å². The molecule has 0 spiro atoms. The van der Waals surface area contributed by atoms with Crippen LogP contribution in [0.3, 0.4) is 0 Å². The van der Waals surface area contributed by atoms with Gasteiger partial charge < -0.3 is 16.7 Å². The molecule has 1 heterocycles. The maximum atomic E-state index is 12.4.